The molecule has 2 aromatic carbocycles. The van der Waals surface area contributed by atoms with Gasteiger partial charge in [-0.15, -0.1) is 0 Å². The van der Waals surface area contributed by atoms with Gasteiger partial charge in [0.15, 0.2) is 0 Å². The van der Waals surface area contributed by atoms with Crippen molar-refractivity contribution in [2.24, 2.45) is 0 Å². The van der Waals surface area contributed by atoms with Gasteiger partial charge in [-0.25, -0.2) is 0 Å². The third-order valence-electron chi connectivity index (χ3n) is 3.52. The van der Waals surface area contributed by atoms with Crippen molar-refractivity contribution in [3.05, 3.63) is 58.6 Å². The molecule has 0 fully saturated rings. The molecule has 21 heavy (non-hydrogen) atoms. The first-order chi connectivity index (χ1) is 10.1. The number of aryl methyl sites for hydroxylation is 2. The van der Waals surface area contributed by atoms with E-state index in [2.05, 4.69) is 43.4 Å². The molecule has 3 heteroatoms. The first kappa shape index (κ1) is 15.7. The van der Waals surface area contributed by atoms with Crippen LogP contribution in [0.25, 0.3) is 0 Å². The molecule has 1 N–H and O–H groups in total. The Morgan fingerprint density at radius 2 is 2.00 bits per heavy atom. The highest BCUT2D eigenvalue weighted by atomic mass is 35.5. The van der Waals surface area contributed by atoms with Crippen molar-refractivity contribution in [2.75, 3.05) is 12.4 Å². The fourth-order valence-corrected chi connectivity index (χ4v) is 2.50. The zero-order chi connectivity index (χ0) is 15.2. The summed E-state index contributed by atoms with van der Waals surface area (Å²) < 4.78 is 5.24. The van der Waals surface area contributed by atoms with E-state index in [0.717, 1.165) is 29.3 Å². The van der Waals surface area contributed by atoms with E-state index in [0.29, 0.717) is 6.04 Å². The van der Waals surface area contributed by atoms with Crippen LogP contribution in [0.3, 0.4) is 0 Å². The Kier molecular flexibility index (Phi) is 5.51. The lowest BCUT2D eigenvalue weighted by atomic mass is 10.0. The minimum absolute atomic E-state index is 0.343. The van der Waals surface area contributed by atoms with Crippen molar-refractivity contribution < 1.29 is 4.74 Å². The van der Waals surface area contributed by atoms with Crippen molar-refractivity contribution in [3.63, 3.8) is 0 Å². The zero-order valence-corrected chi connectivity index (χ0v) is 13.6. The molecule has 0 spiro atoms. The number of ether oxygens (including phenoxy) is 1. The molecule has 0 bridgehead atoms. The zero-order valence-electron chi connectivity index (χ0n) is 12.8. The lowest BCUT2D eigenvalue weighted by Gasteiger charge is -2.17. The van der Waals surface area contributed by atoms with Crippen LogP contribution in [0.4, 0.5) is 5.69 Å². The van der Waals surface area contributed by atoms with E-state index < -0.39 is 0 Å². The topological polar surface area (TPSA) is 21.3 Å². The lowest BCUT2D eigenvalue weighted by molar-refractivity contribution is 0.415. The average Bonchev–Trinajstić information content (AvgIpc) is 2.47. The summed E-state index contributed by atoms with van der Waals surface area (Å²) in [6, 6.07) is 14.7. The van der Waals surface area contributed by atoms with Crippen LogP contribution in [-0.2, 0) is 6.42 Å². The van der Waals surface area contributed by atoms with Crippen LogP contribution in [0.15, 0.2) is 42.5 Å². The van der Waals surface area contributed by atoms with Gasteiger partial charge in [-0.1, -0.05) is 41.4 Å². The van der Waals surface area contributed by atoms with E-state index >= 15 is 0 Å². The average molecular weight is 304 g/mol. The smallest absolute Gasteiger partial charge is 0.121 e. The highest BCUT2D eigenvalue weighted by Crippen LogP contribution is 2.27. The number of methoxy groups -OCH3 is 1. The Hall–Kier alpha value is -1.67. The van der Waals surface area contributed by atoms with Gasteiger partial charge in [-0.2, -0.15) is 0 Å². The molecule has 0 saturated carbocycles. The number of rotatable bonds is 6. The lowest BCUT2D eigenvalue weighted by Crippen LogP contribution is -2.16. The molecule has 0 amide bonds. The molecule has 0 aliphatic carbocycles. The van der Waals surface area contributed by atoms with Gasteiger partial charge in [0.2, 0.25) is 0 Å². The minimum atomic E-state index is 0.343. The fourth-order valence-electron chi connectivity index (χ4n) is 2.33. The molecular weight excluding hydrogens is 282 g/mol. The minimum Gasteiger partial charge on any atom is -0.497 e. The second-order valence-electron chi connectivity index (χ2n) is 5.42. The number of halogens is 1. The van der Waals surface area contributed by atoms with Crippen molar-refractivity contribution in [2.45, 2.75) is 32.7 Å². The molecule has 0 aromatic heterocycles. The predicted molar refractivity (Wildman–Crippen MR) is 90.6 cm³/mol. The number of hydrogen-bond donors (Lipinski definition) is 1. The number of anilines is 1. The second kappa shape index (κ2) is 7.37. The summed E-state index contributed by atoms with van der Waals surface area (Å²) in [5, 5.41) is 4.18. The van der Waals surface area contributed by atoms with Crippen LogP contribution in [-0.4, -0.2) is 13.2 Å². The monoisotopic (exact) mass is 303 g/mol. The summed E-state index contributed by atoms with van der Waals surface area (Å²) in [7, 11) is 1.66. The number of nitrogens with one attached hydrogen (secondary N) is 1. The summed E-state index contributed by atoms with van der Waals surface area (Å²) >= 11 is 6.22. The third-order valence-corrected chi connectivity index (χ3v) is 3.85. The van der Waals surface area contributed by atoms with Crippen molar-refractivity contribution in [1.82, 2.24) is 0 Å². The maximum Gasteiger partial charge on any atom is 0.121 e. The number of hydrogen-bond acceptors (Lipinski definition) is 2. The first-order valence-corrected chi connectivity index (χ1v) is 7.62. The van der Waals surface area contributed by atoms with Gasteiger partial charge in [-0.3, -0.25) is 0 Å². The summed E-state index contributed by atoms with van der Waals surface area (Å²) in [5.74, 6) is 0.813. The Morgan fingerprint density at radius 3 is 2.71 bits per heavy atom. The van der Waals surface area contributed by atoms with Gasteiger partial charge < -0.3 is 10.1 Å². The van der Waals surface area contributed by atoms with Gasteiger partial charge >= 0.3 is 0 Å². The van der Waals surface area contributed by atoms with E-state index in [1.165, 1.54) is 11.1 Å². The van der Waals surface area contributed by atoms with Gasteiger partial charge in [-0.05, 0) is 44.4 Å². The molecule has 0 saturated heterocycles. The van der Waals surface area contributed by atoms with Crippen molar-refractivity contribution in [3.8, 4) is 5.75 Å². The van der Waals surface area contributed by atoms with Gasteiger partial charge in [0.05, 0.1) is 17.8 Å². The highest BCUT2D eigenvalue weighted by molar-refractivity contribution is 6.33. The molecule has 2 rings (SSSR count). The molecule has 1 unspecified atom stereocenters. The largest absolute Gasteiger partial charge is 0.497 e. The van der Waals surface area contributed by atoms with E-state index in [1.54, 1.807) is 7.11 Å². The Bertz CT molecular complexity index is 598. The summed E-state index contributed by atoms with van der Waals surface area (Å²) in [4.78, 5) is 0. The fraction of sp³-hybridized carbons (Fsp3) is 0.333. The Labute approximate surface area is 132 Å². The van der Waals surface area contributed by atoms with Crippen LogP contribution >= 0.6 is 11.6 Å². The molecule has 2 aromatic rings. The molecule has 0 aliphatic heterocycles. The highest BCUT2D eigenvalue weighted by Gasteiger charge is 2.07. The SMILES string of the molecule is COc1ccc(Cl)c(NC(C)CCc2cccc(C)c2)c1. The normalized spacial score (nSPS) is 12.0. The summed E-state index contributed by atoms with van der Waals surface area (Å²) in [6.45, 7) is 4.30. The van der Waals surface area contributed by atoms with E-state index in [9.17, 15) is 0 Å². The maximum absolute atomic E-state index is 6.22. The maximum atomic E-state index is 6.22. The molecule has 0 aliphatic rings. The van der Waals surface area contributed by atoms with Gasteiger partial charge in [0, 0.05) is 12.1 Å². The van der Waals surface area contributed by atoms with Crippen LogP contribution < -0.4 is 10.1 Å². The van der Waals surface area contributed by atoms with E-state index in [4.69, 9.17) is 16.3 Å². The molecule has 112 valence electrons. The van der Waals surface area contributed by atoms with Gasteiger partial charge in [0.25, 0.3) is 0 Å². The predicted octanol–water partition coefficient (Wildman–Crippen LogP) is 5.09. The third kappa shape index (κ3) is 4.68. The number of benzene rings is 2. The van der Waals surface area contributed by atoms with Crippen LogP contribution in [0.2, 0.25) is 5.02 Å². The molecular formula is C18H22ClNO. The molecule has 0 radical (unpaired) electrons. The Balaban J connectivity index is 1.94. The van der Waals surface area contributed by atoms with Crippen molar-refractivity contribution >= 4 is 17.3 Å². The van der Waals surface area contributed by atoms with Gasteiger partial charge in [0.1, 0.15) is 5.75 Å². The molecule has 2 nitrogen and oxygen atoms in total. The Morgan fingerprint density at radius 1 is 1.19 bits per heavy atom. The summed E-state index contributed by atoms with van der Waals surface area (Å²) in [5.41, 5.74) is 3.61. The molecule has 1 atom stereocenters. The van der Waals surface area contributed by atoms with E-state index in [-0.39, 0.29) is 0 Å². The standard InChI is InChI=1S/C18H22ClNO/c1-13-5-4-6-15(11-13)8-7-14(2)20-18-12-16(21-3)9-10-17(18)19/h4-6,9-12,14,20H,7-8H2,1-3H3. The molecule has 0 heterocycles. The van der Waals surface area contributed by atoms with E-state index in [1.807, 2.05) is 18.2 Å². The van der Waals surface area contributed by atoms with Crippen LogP contribution in [0.1, 0.15) is 24.5 Å². The first-order valence-electron chi connectivity index (χ1n) is 7.24. The quantitative estimate of drug-likeness (QED) is 0.802. The summed E-state index contributed by atoms with van der Waals surface area (Å²) in [6.07, 6.45) is 2.11. The second-order valence-corrected chi connectivity index (χ2v) is 5.83. The van der Waals surface area contributed by atoms with Crippen LogP contribution in [0, 0.1) is 6.92 Å². The van der Waals surface area contributed by atoms with Crippen LogP contribution in [0.5, 0.6) is 5.75 Å². The van der Waals surface area contributed by atoms with Crippen molar-refractivity contribution in [1.29, 1.82) is 0 Å².